The molecule has 0 spiro atoms. The molecule has 0 bridgehead atoms. The summed E-state index contributed by atoms with van der Waals surface area (Å²) in [6.45, 7) is 10.5. The van der Waals surface area contributed by atoms with Gasteiger partial charge in [0.25, 0.3) is 0 Å². The van der Waals surface area contributed by atoms with Gasteiger partial charge in [-0.1, -0.05) is 13.8 Å². The molecule has 0 N–H and O–H groups in total. The summed E-state index contributed by atoms with van der Waals surface area (Å²) in [5, 5.41) is 0. The van der Waals surface area contributed by atoms with Crippen molar-refractivity contribution in [1.29, 1.82) is 0 Å². The lowest BCUT2D eigenvalue weighted by Gasteiger charge is -2.26. The zero-order valence-electron chi connectivity index (χ0n) is 11.3. The molecule has 0 fully saturated rings. The molecule has 0 aromatic heterocycles. The van der Waals surface area contributed by atoms with Crippen LogP contribution in [0.4, 0.5) is 0 Å². The minimum atomic E-state index is -3.08. The van der Waals surface area contributed by atoms with Crippen LogP contribution in [0.15, 0.2) is 0 Å². The van der Waals surface area contributed by atoms with Crippen LogP contribution in [0.2, 0.25) is 0 Å². The third-order valence-corrected chi connectivity index (χ3v) is 5.32. The third-order valence-electron chi connectivity index (χ3n) is 2.71. The molecule has 3 nitrogen and oxygen atoms in total. The van der Waals surface area contributed by atoms with Crippen LogP contribution in [-0.4, -0.2) is 24.7 Å². The fourth-order valence-electron chi connectivity index (χ4n) is 1.48. The van der Waals surface area contributed by atoms with Crippen LogP contribution >= 0.6 is 0 Å². The Balaban J connectivity index is 4.53. The molecule has 96 valence electrons. The summed E-state index contributed by atoms with van der Waals surface area (Å²) in [6.07, 6.45) is 0.971. The van der Waals surface area contributed by atoms with Crippen LogP contribution in [0.25, 0.3) is 0 Å². The molecule has 0 amide bonds. The van der Waals surface area contributed by atoms with Crippen molar-refractivity contribution in [3.05, 3.63) is 0 Å². The van der Waals surface area contributed by atoms with E-state index in [-0.39, 0.29) is 17.0 Å². The predicted octanol–water partition coefficient (Wildman–Crippen LogP) is 2.60. The molecule has 16 heavy (non-hydrogen) atoms. The Bertz CT molecular complexity index is 345. The number of carbonyl (C=O) groups is 1. The van der Waals surface area contributed by atoms with E-state index in [9.17, 15) is 13.2 Å². The first-order valence-electron chi connectivity index (χ1n) is 5.59. The number of carbonyl (C=O) groups excluding carboxylic acids is 1. The summed E-state index contributed by atoms with van der Waals surface area (Å²) < 4.78 is 23.1. The Morgan fingerprint density at radius 2 is 1.50 bits per heavy atom. The van der Waals surface area contributed by atoms with Crippen molar-refractivity contribution in [3.8, 4) is 0 Å². The number of Topliss-reactive ketones (excluding diaryl/α,β-unsaturated/α-hetero) is 1. The van der Waals surface area contributed by atoms with E-state index in [1.165, 1.54) is 0 Å². The van der Waals surface area contributed by atoms with E-state index in [4.69, 9.17) is 0 Å². The molecule has 0 rings (SSSR count). The zero-order chi connectivity index (χ0) is 13.2. The largest absolute Gasteiger partial charge is 0.300 e. The summed E-state index contributed by atoms with van der Waals surface area (Å²) in [5.41, 5.74) is -0.232. The minimum Gasteiger partial charge on any atom is -0.300 e. The molecule has 0 radical (unpaired) electrons. The van der Waals surface area contributed by atoms with Gasteiger partial charge in [-0.3, -0.25) is 0 Å². The van der Waals surface area contributed by atoms with Gasteiger partial charge in [0, 0.05) is 6.42 Å². The number of rotatable bonds is 5. The smallest absolute Gasteiger partial charge is 0.155 e. The SMILES string of the molecule is CC(=O)CC(C)(C)CCS(=O)(=O)C(C)(C)C. The van der Waals surface area contributed by atoms with Crippen molar-refractivity contribution < 1.29 is 13.2 Å². The number of ketones is 1. The standard InChI is InChI=1S/C12H24O3S/c1-10(13)9-12(5,6)7-8-16(14,15)11(2,3)4/h7-9H2,1-6H3. The number of sulfone groups is 1. The van der Waals surface area contributed by atoms with Gasteiger partial charge < -0.3 is 4.79 Å². The molecule has 0 saturated carbocycles. The molecule has 0 aromatic carbocycles. The Hall–Kier alpha value is -0.380. The maximum absolute atomic E-state index is 11.9. The van der Waals surface area contributed by atoms with Gasteiger partial charge in [-0.25, -0.2) is 8.42 Å². The molecular weight excluding hydrogens is 224 g/mol. The van der Waals surface area contributed by atoms with Gasteiger partial charge in [0.2, 0.25) is 0 Å². The molecule has 0 aliphatic rings. The van der Waals surface area contributed by atoms with Crippen LogP contribution in [0.3, 0.4) is 0 Å². The van der Waals surface area contributed by atoms with Gasteiger partial charge in [-0.15, -0.1) is 0 Å². The van der Waals surface area contributed by atoms with Crippen LogP contribution in [0.1, 0.15) is 54.4 Å². The lowest BCUT2D eigenvalue weighted by molar-refractivity contribution is -0.118. The third kappa shape index (κ3) is 5.10. The molecule has 0 aromatic rings. The normalized spacial score (nSPS) is 13.9. The summed E-state index contributed by atoms with van der Waals surface area (Å²) in [7, 11) is -3.08. The fourth-order valence-corrected chi connectivity index (χ4v) is 2.91. The van der Waals surface area contributed by atoms with Gasteiger partial charge in [-0.05, 0) is 39.5 Å². The van der Waals surface area contributed by atoms with E-state index in [1.54, 1.807) is 27.7 Å². The topological polar surface area (TPSA) is 51.2 Å². The highest BCUT2D eigenvalue weighted by molar-refractivity contribution is 7.92. The monoisotopic (exact) mass is 248 g/mol. The highest BCUT2D eigenvalue weighted by Gasteiger charge is 2.31. The molecule has 0 aliphatic carbocycles. The quantitative estimate of drug-likeness (QED) is 0.751. The summed E-state index contributed by atoms with van der Waals surface area (Å²) in [6, 6.07) is 0. The maximum atomic E-state index is 11.9. The van der Waals surface area contributed by atoms with E-state index in [0.717, 1.165) is 0 Å². The van der Waals surface area contributed by atoms with Crippen LogP contribution in [0.5, 0.6) is 0 Å². The molecule has 0 unspecified atom stereocenters. The first-order valence-corrected chi connectivity index (χ1v) is 7.24. The Labute approximate surface area is 99.5 Å². The fraction of sp³-hybridized carbons (Fsp3) is 0.917. The van der Waals surface area contributed by atoms with Crippen LogP contribution < -0.4 is 0 Å². The summed E-state index contributed by atoms with van der Waals surface area (Å²) in [5.74, 6) is 0.259. The Kier molecular flexibility index (Phi) is 4.75. The molecule has 0 heterocycles. The zero-order valence-corrected chi connectivity index (χ0v) is 12.1. The second-order valence-corrected chi connectivity index (χ2v) is 9.09. The first kappa shape index (κ1) is 15.6. The van der Waals surface area contributed by atoms with Gasteiger partial charge in [0.05, 0.1) is 10.5 Å². The second kappa shape index (κ2) is 4.86. The van der Waals surface area contributed by atoms with Crippen molar-refractivity contribution >= 4 is 15.6 Å². The Morgan fingerprint density at radius 3 is 1.81 bits per heavy atom. The molecular formula is C12H24O3S. The highest BCUT2D eigenvalue weighted by Crippen LogP contribution is 2.28. The summed E-state index contributed by atoms with van der Waals surface area (Å²) in [4.78, 5) is 11.0. The van der Waals surface area contributed by atoms with Gasteiger partial charge >= 0.3 is 0 Å². The molecule has 4 heteroatoms. The van der Waals surface area contributed by atoms with Crippen LogP contribution in [-0.2, 0) is 14.6 Å². The lowest BCUT2D eigenvalue weighted by atomic mass is 9.85. The van der Waals surface area contributed by atoms with Crippen molar-refractivity contribution in [1.82, 2.24) is 0 Å². The van der Waals surface area contributed by atoms with E-state index < -0.39 is 14.6 Å². The molecule has 0 atom stereocenters. The van der Waals surface area contributed by atoms with Gasteiger partial charge in [0.1, 0.15) is 5.78 Å². The van der Waals surface area contributed by atoms with Crippen LogP contribution in [0, 0.1) is 5.41 Å². The average Bonchev–Trinajstić information content (AvgIpc) is 1.96. The van der Waals surface area contributed by atoms with Crippen molar-refractivity contribution in [2.45, 2.75) is 59.1 Å². The van der Waals surface area contributed by atoms with Crippen molar-refractivity contribution in [2.75, 3.05) is 5.75 Å². The summed E-state index contributed by atoms with van der Waals surface area (Å²) >= 11 is 0. The lowest BCUT2D eigenvalue weighted by Crippen LogP contribution is -2.32. The number of hydrogen-bond donors (Lipinski definition) is 0. The highest BCUT2D eigenvalue weighted by atomic mass is 32.2. The van der Waals surface area contributed by atoms with Gasteiger partial charge in [-0.2, -0.15) is 0 Å². The molecule has 0 aliphatic heterocycles. The number of hydrogen-bond acceptors (Lipinski definition) is 3. The average molecular weight is 248 g/mol. The first-order chi connectivity index (χ1) is 6.87. The van der Waals surface area contributed by atoms with Gasteiger partial charge in [0.15, 0.2) is 9.84 Å². The van der Waals surface area contributed by atoms with Crippen molar-refractivity contribution in [2.24, 2.45) is 5.41 Å². The van der Waals surface area contributed by atoms with E-state index in [1.807, 2.05) is 13.8 Å². The van der Waals surface area contributed by atoms with E-state index in [0.29, 0.717) is 12.8 Å². The van der Waals surface area contributed by atoms with Crippen molar-refractivity contribution in [3.63, 3.8) is 0 Å². The molecule has 0 saturated heterocycles. The van der Waals surface area contributed by atoms with E-state index >= 15 is 0 Å². The predicted molar refractivity (Wildman–Crippen MR) is 67.2 cm³/mol. The Morgan fingerprint density at radius 1 is 1.06 bits per heavy atom. The second-order valence-electron chi connectivity index (χ2n) is 6.22. The van der Waals surface area contributed by atoms with E-state index in [2.05, 4.69) is 0 Å². The minimum absolute atomic E-state index is 0.109. The maximum Gasteiger partial charge on any atom is 0.155 e.